The molecular weight excluding hydrogens is 246 g/mol. The number of rotatable bonds is 5. The average molecular weight is 267 g/mol. The van der Waals surface area contributed by atoms with Gasteiger partial charge in [0, 0.05) is 12.3 Å². The van der Waals surface area contributed by atoms with Crippen molar-refractivity contribution in [2.75, 3.05) is 6.54 Å². The number of aromatic nitrogens is 3. The quantitative estimate of drug-likeness (QED) is 0.884. The van der Waals surface area contributed by atoms with Crippen LogP contribution < -0.4 is 5.32 Å². The van der Waals surface area contributed by atoms with Crippen LogP contribution in [0.4, 0.5) is 0 Å². The summed E-state index contributed by atoms with van der Waals surface area (Å²) >= 11 is 1.87. The highest BCUT2D eigenvalue weighted by Gasteiger charge is 2.25. The first-order chi connectivity index (χ1) is 8.72. The molecule has 18 heavy (non-hydrogen) atoms. The number of thioether (sulfide) groups is 1. The molecule has 6 heteroatoms. The molecule has 100 valence electrons. The smallest absolute Gasteiger partial charge is 0.169 e. The van der Waals surface area contributed by atoms with Gasteiger partial charge >= 0.3 is 0 Å². The van der Waals surface area contributed by atoms with E-state index < -0.39 is 0 Å². The molecule has 5 nitrogen and oxygen atoms in total. The highest BCUT2D eigenvalue weighted by molar-refractivity contribution is 8.14. The van der Waals surface area contributed by atoms with Crippen molar-refractivity contribution in [1.82, 2.24) is 20.1 Å². The molecule has 2 heterocycles. The Balaban J connectivity index is 1.79. The van der Waals surface area contributed by atoms with E-state index in [0.29, 0.717) is 11.8 Å². The van der Waals surface area contributed by atoms with E-state index in [1.54, 1.807) is 11.0 Å². The van der Waals surface area contributed by atoms with Gasteiger partial charge in [0.15, 0.2) is 11.0 Å². The van der Waals surface area contributed by atoms with Gasteiger partial charge in [0.2, 0.25) is 0 Å². The number of nitrogens with one attached hydrogen (secondary N) is 1. The third-order valence-corrected chi connectivity index (χ3v) is 4.63. The molecular formula is C12H21N5S. The van der Waals surface area contributed by atoms with Crippen molar-refractivity contribution in [1.29, 1.82) is 0 Å². The van der Waals surface area contributed by atoms with Gasteiger partial charge < -0.3 is 5.32 Å². The second kappa shape index (κ2) is 6.22. The molecule has 0 aromatic carbocycles. The molecule has 1 atom stereocenters. The fourth-order valence-electron chi connectivity index (χ4n) is 2.17. The second-order valence-corrected chi connectivity index (χ2v) is 5.79. The summed E-state index contributed by atoms with van der Waals surface area (Å²) in [4.78, 5) is 8.75. The van der Waals surface area contributed by atoms with Gasteiger partial charge in [0.25, 0.3) is 0 Å². The normalized spacial score (nSPS) is 19.3. The van der Waals surface area contributed by atoms with Crippen LogP contribution in [-0.2, 0) is 13.6 Å². The number of hydrogen-bond donors (Lipinski definition) is 1. The van der Waals surface area contributed by atoms with E-state index in [1.165, 1.54) is 12.8 Å². The lowest BCUT2D eigenvalue weighted by Crippen LogP contribution is -2.22. The molecule has 0 saturated carbocycles. The van der Waals surface area contributed by atoms with Crippen LogP contribution >= 0.6 is 11.8 Å². The summed E-state index contributed by atoms with van der Waals surface area (Å²) in [5.41, 5.74) is 0. The molecule has 1 unspecified atom stereocenters. The highest BCUT2D eigenvalue weighted by atomic mass is 32.2. The van der Waals surface area contributed by atoms with Gasteiger partial charge in [0.1, 0.15) is 6.33 Å². The summed E-state index contributed by atoms with van der Waals surface area (Å²) in [7, 11) is 1.88. The Bertz CT molecular complexity index is 410. The molecule has 0 radical (unpaired) electrons. The lowest BCUT2D eigenvalue weighted by Gasteiger charge is -2.18. The number of aryl methyl sites for hydroxylation is 1. The maximum Gasteiger partial charge on any atom is 0.169 e. The molecule has 0 amide bonds. The topological polar surface area (TPSA) is 55.1 Å². The van der Waals surface area contributed by atoms with Crippen LogP contribution in [0.1, 0.15) is 32.5 Å². The average Bonchev–Trinajstić information content (AvgIpc) is 2.98. The summed E-state index contributed by atoms with van der Waals surface area (Å²) in [5, 5.41) is 9.24. The van der Waals surface area contributed by atoms with Crippen molar-refractivity contribution < 1.29 is 0 Å². The van der Waals surface area contributed by atoms with Crippen LogP contribution in [-0.4, -0.2) is 31.7 Å². The number of amidine groups is 1. The van der Waals surface area contributed by atoms with Gasteiger partial charge in [0.05, 0.1) is 13.1 Å². The first kappa shape index (κ1) is 13.4. The minimum Gasteiger partial charge on any atom is -0.358 e. The van der Waals surface area contributed by atoms with Crippen molar-refractivity contribution in [3.05, 3.63) is 12.2 Å². The molecule has 0 fully saturated rings. The maximum atomic E-state index is 4.56. The van der Waals surface area contributed by atoms with Crippen molar-refractivity contribution in [3.8, 4) is 0 Å². The van der Waals surface area contributed by atoms with Crippen LogP contribution in [0.25, 0.3) is 0 Å². The number of aliphatic imine (C=N–C) groups is 1. The summed E-state index contributed by atoms with van der Waals surface area (Å²) in [5.74, 6) is 1.58. The standard InChI is InChI=1S/C12H21N5S/c1-4-9(5-2)10-6-13-12(18-10)14-7-11-15-8-17(3)16-11/h8-10H,4-7H2,1-3H3,(H,13,14). The van der Waals surface area contributed by atoms with Gasteiger partial charge in [-0.1, -0.05) is 38.5 Å². The van der Waals surface area contributed by atoms with Gasteiger partial charge in [-0.05, 0) is 5.92 Å². The fourth-order valence-corrected chi connectivity index (χ4v) is 3.49. The first-order valence-corrected chi connectivity index (χ1v) is 7.40. The van der Waals surface area contributed by atoms with Crippen LogP contribution in [0.15, 0.2) is 11.3 Å². The molecule has 1 aromatic rings. The largest absolute Gasteiger partial charge is 0.358 e. The summed E-state index contributed by atoms with van der Waals surface area (Å²) in [6, 6.07) is 0. The zero-order valence-electron chi connectivity index (χ0n) is 11.3. The van der Waals surface area contributed by atoms with Gasteiger partial charge in [-0.15, -0.1) is 0 Å². The van der Waals surface area contributed by atoms with Gasteiger partial charge in [-0.3, -0.25) is 9.67 Å². The zero-order chi connectivity index (χ0) is 13.0. The van der Waals surface area contributed by atoms with Crippen molar-refractivity contribution in [2.45, 2.75) is 38.5 Å². The van der Waals surface area contributed by atoms with Crippen LogP contribution in [0.2, 0.25) is 0 Å². The van der Waals surface area contributed by atoms with E-state index in [9.17, 15) is 0 Å². The summed E-state index contributed by atoms with van der Waals surface area (Å²) in [6.07, 6.45) is 4.19. The van der Waals surface area contributed by atoms with Crippen LogP contribution in [0, 0.1) is 5.92 Å². The minimum absolute atomic E-state index is 0.638. The van der Waals surface area contributed by atoms with Gasteiger partial charge in [-0.2, -0.15) is 5.10 Å². The predicted molar refractivity (Wildman–Crippen MR) is 75.6 cm³/mol. The summed E-state index contributed by atoms with van der Waals surface area (Å²) in [6.45, 7) is 6.12. The van der Waals surface area contributed by atoms with E-state index in [4.69, 9.17) is 0 Å². The van der Waals surface area contributed by atoms with E-state index in [2.05, 4.69) is 34.2 Å². The van der Waals surface area contributed by atoms with Crippen molar-refractivity contribution in [3.63, 3.8) is 0 Å². The highest BCUT2D eigenvalue weighted by Crippen LogP contribution is 2.30. The fraction of sp³-hybridized carbons (Fsp3) is 0.750. The monoisotopic (exact) mass is 267 g/mol. The Kier molecular flexibility index (Phi) is 4.63. The van der Waals surface area contributed by atoms with Gasteiger partial charge in [-0.25, -0.2) is 4.98 Å². The second-order valence-electron chi connectivity index (χ2n) is 4.57. The Hall–Kier alpha value is -1.04. The molecule has 0 bridgehead atoms. The molecule has 0 aliphatic carbocycles. The third kappa shape index (κ3) is 3.25. The SMILES string of the molecule is CCC(CC)C1CN=C(NCc2ncn(C)n2)S1. The molecule has 1 aliphatic rings. The lowest BCUT2D eigenvalue weighted by molar-refractivity contribution is 0.479. The zero-order valence-corrected chi connectivity index (χ0v) is 12.1. The Morgan fingerprint density at radius 1 is 1.50 bits per heavy atom. The Morgan fingerprint density at radius 3 is 2.89 bits per heavy atom. The van der Waals surface area contributed by atoms with Crippen molar-refractivity contribution >= 4 is 16.9 Å². The van der Waals surface area contributed by atoms with E-state index in [-0.39, 0.29) is 0 Å². The molecule has 0 saturated heterocycles. The molecule has 0 spiro atoms. The summed E-state index contributed by atoms with van der Waals surface area (Å²) < 4.78 is 1.72. The van der Waals surface area contributed by atoms with Crippen molar-refractivity contribution in [2.24, 2.45) is 18.0 Å². The third-order valence-electron chi connectivity index (χ3n) is 3.30. The maximum absolute atomic E-state index is 4.56. The lowest BCUT2D eigenvalue weighted by atomic mass is 9.99. The minimum atomic E-state index is 0.638. The molecule has 2 rings (SSSR count). The Labute approximate surface area is 112 Å². The first-order valence-electron chi connectivity index (χ1n) is 6.52. The predicted octanol–water partition coefficient (Wildman–Crippen LogP) is 1.81. The number of nitrogens with zero attached hydrogens (tertiary/aromatic N) is 4. The van der Waals surface area contributed by atoms with E-state index in [1.807, 2.05) is 18.8 Å². The molecule has 1 aliphatic heterocycles. The van der Waals surface area contributed by atoms with Crippen LogP contribution in [0.5, 0.6) is 0 Å². The van der Waals surface area contributed by atoms with E-state index >= 15 is 0 Å². The molecule has 1 aromatic heterocycles. The molecule has 1 N–H and O–H groups in total. The number of hydrogen-bond acceptors (Lipinski definition) is 5. The van der Waals surface area contributed by atoms with Crippen LogP contribution in [0.3, 0.4) is 0 Å². The Morgan fingerprint density at radius 2 is 2.28 bits per heavy atom. The van der Waals surface area contributed by atoms with E-state index in [0.717, 1.165) is 23.5 Å².